The van der Waals surface area contributed by atoms with Crippen molar-refractivity contribution in [3.05, 3.63) is 102 Å². The van der Waals surface area contributed by atoms with Crippen LogP contribution in [0, 0.1) is 0 Å². The fraction of sp³-hybridized carbons (Fsp3) is 0.290. The summed E-state index contributed by atoms with van der Waals surface area (Å²) in [6.07, 6.45) is 1.07. The van der Waals surface area contributed by atoms with Crippen molar-refractivity contribution in [2.24, 2.45) is 0 Å². The molecule has 0 radical (unpaired) electrons. The van der Waals surface area contributed by atoms with Crippen LogP contribution in [0.3, 0.4) is 0 Å². The van der Waals surface area contributed by atoms with Gasteiger partial charge in [-0.05, 0) is 54.7 Å². The Balaban J connectivity index is 1.40. The molecule has 202 valence electrons. The van der Waals surface area contributed by atoms with Crippen molar-refractivity contribution < 1.29 is 29.0 Å². The molecule has 0 bridgehead atoms. The van der Waals surface area contributed by atoms with Gasteiger partial charge in [-0.2, -0.15) is 0 Å². The van der Waals surface area contributed by atoms with E-state index in [1.54, 1.807) is 30.3 Å². The molecule has 1 aliphatic rings. The zero-order valence-corrected chi connectivity index (χ0v) is 21.6. The molecule has 3 aromatic carbocycles. The first-order valence-corrected chi connectivity index (χ1v) is 13.1. The monoisotopic (exact) mass is 528 g/mol. The van der Waals surface area contributed by atoms with Gasteiger partial charge in [-0.15, -0.1) is 0 Å². The van der Waals surface area contributed by atoms with E-state index in [2.05, 4.69) is 5.32 Å². The molecule has 0 saturated carbocycles. The summed E-state index contributed by atoms with van der Waals surface area (Å²) < 4.78 is 5.84. The summed E-state index contributed by atoms with van der Waals surface area (Å²) in [6, 6.07) is 24.1. The van der Waals surface area contributed by atoms with Gasteiger partial charge in [0.1, 0.15) is 18.4 Å². The standard InChI is InChI=1S/C31H32N2O6/c34-28(17-18-29(35)33-19-7-12-27(33)31(37)38)26(32-30(36)24-10-5-2-6-11-24)20-22-13-15-25(16-14-22)39-21-23-8-3-1-4-9-23/h1-6,8-11,13-16,26-27H,7,12,17-21H2,(H,32,36)(H,37,38)/t26?,27-/m0/s1. The number of likely N-dealkylation sites (tertiary alicyclic amines) is 1. The number of carboxylic acids is 1. The number of nitrogens with one attached hydrogen (secondary N) is 1. The molecule has 1 heterocycles. The second-order valence-corrected chi connectivity index (χ2v) is 9.56. The number of ether oxygens (including phenoxy) is 1. The van der Waals surface area contributed by atoms with Gasteiger partial charge in [-0.3, -0.25) is 14.4 Å². The molecule has 1 fully saturated rings. The first kappa shape index (κ1) is 27.6. The number of aliphatic carboxylic acids is 1. The van der Waals surface area contributed by atoms with E-state index in [1.807, 2.05) is 54.6 Å². The van der Waals surface area contributed by atoms with E-state index >= 15 is 0 Å². The van der Waals surface area contributed by atoms with Crippen LogP contribution in [0.2, 0.25) is 0 Å². The van der Waals surface area contributed by atoms with Crippen molar-refractivity contribution in [2.75, 3.05) is 6.54 Å². The van der Waals surface area contributed by atoms with Crippen LogP contribution >= 0.6 is 0 Å². The molecule has 2 atom stereocenters. The van der Waals surface area contributed by atoms with Gasteiger partial charge < -0.3 is 20.1 Å². The topological polar surface area (TPSA) is 113 Å². The van der Waals surface area contributed by atoms with Gasteiger partial charge in [0.25, 0.3) is 5.91 Å². The molecular weight excluding hydrogens is 496 g/mol. The Morgan fingerprint density at radius 1 is 0.872 bits per heavy atom. The molecule has 0 spiro atoms. The number of carbonyl (C=O) groups is 4. The van der Waals surface area contributed by atoms with Crippen LogP contribution in [-0.2, 0) is 27.4 Å². The molecule has 39 heavy (non-hydrogen) atoms. The van der Waals surface area contributed by atoms with Crippen molar-refractivity contribution in [1.82, 2.24) is 10.2 Å². The van der Waals surface area contributed by atoms with Crippen LogP contribution < -0.4 is 10.1 Å². The van der Waals surface area contributed by atoms with Gasteiger partial charge in [0.05, 0.1) is 6.04 Å². The second-order valence-electron chi connectivity index (χ2n) is 9.56. The minimum absolute atomic E-state index is 0.0975. The second kappa shape index (κ2) is 13.4. The maximum absolute atomic E-state index is 13.2. The quantitative estimate of drug-likeness (QED) is 0.367. The van der Waals surface area contributed by atoms with Crippen LogP contribution in [-0.4, -0.2) is 52.2 Å². The van der Waals surface area contributed by atoms with Gasteiger partial charge in [-0.25, -0.2) is 4.79 Å². The minimum Gasteiger partial charge on any atom is -0.489 e. The highest BCUT2D eigenvalue weighted by molar-refractivity contribution is 5.98. The fourth-order valence-corrected chi connectivity index (χ4v) is 4.64. The number of hydrogen-bond donors (Lipinski definition) is 2. The summed E-state index contributed by atoms with van der Waals surface area (Å²) in [5, 5.41) is 12.2. The SMILES string of the molecule is O=C(NC(Cc1ccc(OCc2ccccc2)cc1)C(=O)CCC(=O)N1CCC[C@H]1C(=O)O)c1ccccc1. The molecule has 0 aromatic heterocycles. The van der Waals surface area contributed by atoms with Crippen LogP contribution in [0.15, 0.2) is 84.9 Å². The third-order valence-corrected chi connectivity index (χ3v) is 6.78. The fourth-order valence-electron chi connectivity index (χ4n) is 4.64. The molecular formula is C31H32N2O6. The number of benzene rings is 3. The lowest BCUT2D eigenvalue weighted by molar-refractivity contribution is -0.148. The molecule has 1 aliphatic heterocycles. The summed E-state index contributed by atoms with van der Waals surface area (Å²) >= 11 is 0. The lowest BCUT2D eigenvalue weighted by atomic mass is 9.98. The van der Waals surface area contributed by atoms with E-state index in [1.165, 1.54) is 4.90 Å². The zero-order valence-electron chi connectivity index (χ0n) is 21.6. The van der Waals surface area contributed by atoms with Crippen LogP contribution in [0.25, 0.3) is 0 Å². The minimum atomic E-state index is -1.03. The lowest BCUT2D eigenvalue weighted by Crippen LogP contribution is -2.44. The lowest BCUT2D eigenvalue weighted by Gasteiger charge is -2.22. The number of amides is 2. The summed E-state index contributed by atoms with van der Waals surface area (Å²) in [5.41, 5.74) is 2.30. The van der Waals surface area contributed by atoms with Crippen molar-refractivity contribution in [2.45, 2.75) is 50.8 Å². The molecule has 2 N–H and O–H groups in total. The van der Waals surface area contributed by atoms with Gasteiger partial charge in [-0.1, -0.05) is 60.7 Å². The molecule has 1 unspecified atom stereocenters. The Kier molecular flexibility index (Phi) is 9.45. The average Bonchev–Trinajstić information content (AvgIpc) is 3.47. The number of Topliss-reactive ketones (excluding diaryl/α,β-unsaturated/α-hetero) is 1. The number of carboxylic acid groups (broad SMARTS) is 1. The Morgan fingerprint density at radius 2 is 1.54 bits per heavy atom. The molecule has 8 nitrogen and oxygen atoms in total. The highest BCUT2D eigenvalue weighted by Gasteiger charge is 2.34. The van der Waals surface area contributed by atoms with Gasteiger partial charge >= 0.3 is 5.97 Å². The first-order chi connectivity index (χ1) is 18.9. The van der Waals surface area contributed by atoms with Crippen molar-refractivity contribution in [1.29, 1.82) is 0 Å². The summed E-state index contributed by atoms with van der Waals surface area (Å²) in [5.74, 6) is -1.38. The summed E-state index contributed by atoms with van der Waals surface area (Å²) in [6.45, 7) is 0.805. The highest BCUT2D eigenvalue weighted by atomic mass is 16.5. The predicted octanol–water partition coefficient (Wildman–Crippen LogP) is 4.03. The Hall–Kier alpha value is -4.46. The Labute approximate surface area is 227 Å². The Morgan fingerprint density at radius 3 is 2.21 bits per heavy atom. The molecule has 8 heteroatoms. The van der Waals surface area contributed by atoms with Crippen molar-refractivity contribution in [3.8, 4) is 5.75 Å². The number of rotatable bonds is 12. The molecule has 0 aliphatic carbocycles. The smallest absolute Gasteiger partial charge is 0.326 e. The Bertz CT molecular complexity index is 1280. The summed E-state index contributed by atoms with van der Waals surface area (Å²) in [7, 11) is 0. The summed E-state index contributed by atoms with van der Waals surface area (Å²) in [4.78, 5) is 51.6. The molecule has 2 amide bonds. The largest absolute Gasteiger partial charge is 0.489 e. The van der Waals surface area contributed by atoms with Gasteiger partial charge in [0, 0.05) is 24.9 Å². The van der Waals surface area contributed by atoms with E-state index in [0.717, 1.165) is 11.1 Å². The third kappa shape index (κ3) is 7.77. The average molecular weight is 529 g/mol. The molecule has 3 aromatic rings. The molecule has 4 rings (SSSR count). The third-order valence-electron chi connectivity index (χ3n) is 6.78. The molecule has 1 saturated heterocycles. The maximum atomic E-state index is 13.2. The first-order valence-electron chi connectivity index (χ1n) is 13.1. The van der Waals surface area contributed by atoms with E-state index in [-0.39, 0.29) is 36.9 Å². The van der Waals surface area contributed by atoms with Gasteiger partial charge in [0.15, 0.2) is 5.78 Å². The number of hydrogen-bond acceptors (Lipinski definition) is 5. The van der Waals surface area contributed by atoms with Gasteiger partial charge in [0.2, 0.25) is 5.91 Å². The zero-order chi connectivity index (χ0) is 27.6. The van der Waals surface area contributed by atoms with E-state index in [4.69, 9.17) is 4.74 Å². The van der Waals surface area contributed by atoms with E-state index in [0.29, 0.717) is 37.3 Å². The number of ketones is 1. The van der Waals surface area contributed by atoms with E-state index in [9.17, 15) is 24.3 Å². The maximum Gasteiger partial charge on any atom is 0.326 e. The van der Waals surface area contributed by atoms with Crippen molar-refractivity contribution >= 4 is 23.6 Å². The normalized spacial score (nSPS) is 15.4. The predicted molar refractivity (Wildman–Crippen MR) is 145 cm³/mol. The van der Waals surface area contributed by atoms with Crippen LogP contribution in [0.4, 0.5) is 0 Å². The van der Waals surface area contributed by atoms with Crippen LogP contribution in [0.1, 0.15) is 47.2 Å². The number of carbonyl (C=O) groups excluding carboxylic acids is 3. The van der Waals surface area contributed by atoms with E-state index < -0.39 is 18.1 Å². The highest BCUT2D eigenvalue weighted by Crippen LogP contribution is 2.20. The number of nitrogens with zero attached hydrogens (tertiary/aromatic N) is 1. The van der Waals surface area contributed by atoms with Crippen molar-refractivity contribution in [3.63, 3.8) is 0 Å². The van der Waals surface area contributed by atoms with Crippen LogP contribution in [0.5, 0.6) is 5.75 Å².